The minimum absolute atomic E-state index is 0.709. The van der Waals surface area contributed by atoms with Gasteiger partial charge in [-0.1, -0.05) is 12.1 Å². The topological polar surface area (TPSA) is 37.0 Å². The smallest absolute Gasteiger partial charge is 0.143 e. The van der Waals surface area contributed by atoms with Crippen molar-refractivity contribution in [2.24, 2.45) is 0 Å². The molecule has 0 amide bonds. The number of rotatable bonds is 2. The maximum absolute atomic E-state index is 5.65. The largest absolute Gasteiger partial charge is 0.492 e. The number of aromatic amines is 1. The second-order valence-corrected chi connectivity index (χ2v) is 4.12. The summed E-state index contributed by atoms with van der Waals surface area (Å²) < 4.78 is 5.65. The molecule has 0 atom stereocenters. The number of hydrogen-bond acceptors (Lipinski definition) is 2. The summed E-state index contributed by atoms with van der Waals surface area (Å²) in [4.78, 5) is 3.50. The Hall–Kier alpha value is -1.48. The first-order valence-corrected chi connectivity index (χ1v) is 5.86. The van der Waals surface area contributed by atoms with Gasteiger partial charge in [0.2, 0.25) is 0 Å². The summed E-state index contributed by atoms with van der Waals surface area (Å²) in [5, 5.41) is 4.71. The predicted octanol–water partition coefficient (Wildman–Crippen LogP) is 2.21. The van der Waals surface area contributed by atoms with Gasteiger partial charge in [0.1, 0.15) is 5.75 Å². The van der Waals surface area contributed by atoms with Gasteiger partial charge in [0.25, 0.3) is 0 Å². The summed E-state index contributed by atoms with van der Waals surface area (Å²) in [7, 11) is 0. The number of H-pyrrole nitrogens is 1. The number of hydrogen-bond donors (Lipinski definition) is 2. The van der Waals surface area contributed by atoms with Crippen molar-refractivity contribution in [3.05, 3.63) is 29.5 Å². The van der Waals surface area contributed by atoms with Gasteiger partial charge in [0.15, 0.2) is 0 Å². The fourth-order valence-corrected chi connectivity index (χ4v) is 2.42. The molecule has 0 saturated heterocycles. The average molecular weight is 216 g/mol. The molecule has 0 spiro atoms. The normalized spacial score (nSPS) is 15.1. The summed E-state index contributed by atoms with van der Waals surface area (Å²) in [6, 6.07) is 6.26. The highest BCUT2D eigenvalue weighted by Crippen LogP contribution is 2.31. The van der Waals surface area contributed by atoms with Crippen molar-refractivity contribution in [3.8, 4) is 5.75 Å². The zero-order valence-electron chi connectivity index (χ0n) is 9.47. The van der Waals surface area contributed by atoms with E-state index >= 15 is 0 Å². The van der Waals surface area contributed by atoms with Gasteiger partial charge < -0.3 is 15.0 Å². The van der Waals surface area contributed by atoms with Gasteiger partial charge >= 0.3 is 0 Å². The zero-order valence-corrected chi connectivity index (χ0v) is 9.47. The monoisotopic (exact) mass is 216 g/mol. The molecule has 1 aliphatic heterocycles. The van der Waals surface area contributed by atoms with E-state index < -0.39 is 0 Å². The SMILES string of the molecule is CCOc1cccc2c3c([nH]c12)CCNC3. The minimum Gasteiger partial charge on any atom is -0.492 e. The molecule has 1 aliphatic rings. The van der Waals surface area contributed by atoms with Crippen LogP contribution in [0.4, 0.5) is 0 Å². The van der Waals surface area contributed by atoms with Crippen LogP contribution in [0.1, 0.15) is 18.2 Å². The second kappa shape index (κ2) is 3.83. The molecule has 0 saturated carbocycles. The number of benzene rings is 1. The van der Waals surface area contributed by atoms with Gasteiger partial charge in [-0.2, -0.15) is 0 Å². The lowest BCUT2D eigenvalue weighted by Gasteiger charge is -2.12. The van der Waals surface area contributed by atoms with Gasteiger partial charge in [-0.25, -0.2) is 0 Å². The third-order valence-corrected chi connectivity index (χ3v) is 3.14. The van der Waals surface area contributed by atoms with Gasteiger partial charge in [-0.15, -0.1) is 0 Å². The van der Waals surface area contributed by atoms with Crippen molar-refractivity contribution >= 4 is 10.9 Å². The summed E-state index contributed by atoms with van der Waals surface area (Å²) in [6.07, 6.45) is 1.08. The van der Waals surface area contributed by atoms with E-state index in [4.69, 9.17) is 4.74 Å². The molecule has 2 aromatic rings. The first kappa shape index (κ1) is 9.73. The molecule has 0 radical (unpaired) electrons. The molecule has 1 aromatic heterocycles. The number of ether oxygens (including phenoxy) is 1. The Balaban J connectivity index is 2.21. The molecule has 16 heavy (non-hydrogen) atoms. The highest BCUT2D eigenvalue weighted by molar-refractivity contribution is 5.89. The Kier molecular flexibility index (Phi) is 2.33. The highest BCUT2D eigenvalue weighted by atomic mass is 16.5. The van der Waals surface area contributed by atoms with Gasteiger partial charge in [-0.3, -0.25) is 0 Å². The molecule has 2 heterocycles. The standard InChI is InChI=1S/C13H16N2O/c1-2-16-12-5-3-4-9-10-8-14-7-6-11(10)15-13(9)12/h3-5,14-15H,2,6-8H2,1H3. The lowest BCUT2D eigenvalue weighted by atomic mass is 10.1. The fourth-order valence-electron chi connectivity index (χ4n) is 2.42. The zero-order chi connectivity index (χ0) is 11.0. The van der Waals surface area contributed by atoms with Crippen LogP contribution < -0.4 is 10.1 Å². The van der Waals surface area contributed by atoms with E-state index in [1.165, 1.54) is 16.6 Å². The molecule has 3 rings (SSSR count). The van der Waals surface area contributed by atoms with E-state index in [1.807, 2.05) is 13.0 Å². The summed E-state index contributed by atoms with van der Waals surface area (Å²) in [5.74, 6) is 0.967. The number of nitrogens with one attached hydrogen (secondary N) is 2. The minimum atomic E-state index is 0.709. The number of para-hydroxylation sites is 1. The number of fused-ring (bicyclic) bond motifs is 3. The van der Waals surface area contributed by atoms with Crippen LogP contribution in [0.5, 0.6) is 5.75 Å². The van der Waals surface area contributed by atoms with Crippen molar-refractivity contribution in [3.63, 3.8) is 0 Å². The van der Waals surface area contributed by atoms with Crippen LogP contribution >= 0.6 is 0 Å². The van der Waals surface area contributed by atoms with Crippen LogP contribution in [0.3, 0.4) is 0 Å². The van der Waals surface area contributed by atoms with Crippen LogP contribution in [0.25, 0.3) is 10.9 Å². The lowest BCUT2D eigenvalue weighted by molar-refractivity contribution is 0.343. The molecule has 84 valence electrons. The van der Waals surface area contributed by atoms with Crippen molar-refractivity contribution in [1.29, 1.82) is 0 Å². The summed E-state index contributed by atoms with van der Waals surface area (Å²) in [6.45, 7) is 4.75. The van der Waals surface area contributed by atoms with E-state index in [2.05, 4.69) is 22.4 Å². The van der Waals surface area contributed by atoms with Crippen molar-refractivity contribution in [1.82, 2.24) is 10.3 Å². The van der Waals surface area contributed by atoms with Crippen LogP contribution in [0, 0.1) is 0 Å². The molecular formula is C13H16N2O. The van der Waals surface area contributed by atoms with Crippen LogP contribution in [-0.4, -0.2) is 18.1 Å². The fraction of sp³-hybridized carbons (Fsp3) is 0.385. The maximum atomic E-state index is 5.65. The van der Waals surface area contributed by atoms with Crippen molar-refractivity contribution < 1.29 is 4.74 Å². The van der Waals surface area contributed by atoms with Crippen molar-refractivity contribution in [2.75, 3.05) is 13.2 Å². The van der Waals surface area contributed by atoms with E-state index in [0.29, 0.717) is 6.61 Å². The van der Waals surface area contributed by atoms with Crippen LogP contribution in [0.2, 0.25) is 0 Å². The third-order valence-electron chi connectivity index (χ3n) is 3.14. The molecular weight excluding hydrogens is 200 g/mol. The van der Waals surface area contributed by atoms with Crippen LogP contribution in [-0.2, 0) is 13.0 Å². The van der Waals surface area contributed by atoms with Gasteiger partial charge in [0.05, 0.1) is 12.1 Å². The molecule has 2 N–H and O–H groups in total. The predicted molar refractivity (Wildman–Crippen MR) is 64.9 cm³/mol. The molecule has 1 aromatic carbocycles. The van der Waals surface area contributed by atoms with Crippen molar-refractivity contribution in [2.45, 2.75) is 19.9 Å². The van der Waals surface area contributed by atoms with E-state index in [-0.39, 0.29) is 0 Å². The molecule has 0 aliphatic carbocycles. The lowest BCUT2D eigenvalue weighted by Crippen LogP contribution is -2.22. The summed E-state index contributed by atoms with van der Waals surface area (Å²) in [5.41, 5.74) is 3.92. The first-order chi connectivity index (χ1) is 7.90. The van der Waals surface area contributed by atoms with E-state index in [9.17, 15) is 0 Å². The Morgan fingerprint density at radius 3 is 3.19 bits per heavy atom. The molecule has 3 heteroatoms. The molecule has 0 fully saturated rings. The molecule has 0 bridgehead atoms. The Morgan fingerprint density at radius 1 is 1.38 bits per heavy atom. The highest BCUT2D eigenvalue weighted by Gasteiger charge is 2.16. The quantitative estimate of drug-likeness (QED) is 0.807. The van der Waals surface area contributed by atoms with Gasteiger partial charge in [0, 0.05) is 30.6 Å². The van der Waals surface area contributed by atoms with Gasteiger partial charge in [-0.05, 0) is 18.6 Å². The molecule has 3 nitrogen and oxygen atoms in total. The Bertz CT molecular complexity index is 516. The van der Waals surface area contributed by atoms with Crippen LogP contribution in [0.15, 0.2) is 18.2 Å². The second-order valence-electron chi connectivity index (χ2n) is 4.12. The third kappa shape index (κ3) is 1.39. The Labute approximate surface area is 94.8 Å². The first-order valence-electron chi connectivity index (χ1n) is 5.86. The molecule has 0 unspecified atom stereocenters. The number of aromatic nitrogens is 1. The summed E-state index contributed by atoms with van der Waals surface area (Å²) >= 11 is 0. The van der Waals surface area contributed by atoms with E-state index in [1.54, 1.807) is 0 Å². The van der Waals surface area contributed by atoms with E-state index in [0.717, 1.165) is 30.8 Å². The Morgan fingerprint density at radius 2 is 2.31 bits per heavy atom. The maximum Gasteiger partial charge on any atom is 0.143 e. The average Bonchev–Trinajstić information content (AvgIpc) is 2.69.